The number of hydrogen-bond donors (Lipinski definition) is 1. The lowest BCUT2D eigenvalue weighted by atomic mass is 10.1. The normalized spacial score (nSPS) is 11.8. The van der Waals surface area contributed by atoms with Crippen molar-refractivity contribution in [1.82, 2.24) is 0 Å². The number of carboxylic acid groups (broad SMARTS) is 1. The van der Waals surface area contributed by atoms with Gasteiger partial charge in [-0.05, 0) is 17.7 Å². The van der Waals surface area contributed by atoms with Crippen molar-refractivity contribution in [3.63, 3.8) is 0 Å². The number of rotatable bonds is 9. The second-order valence-corrected chi connectivity index (χ2v) is 5.10. The van der Waals surface area contributed by atoms with Crippen LogP contribution in [0.5, 0.6) is 0 Å². The summed E-state index contributed by atoms with van der Waals surface area (Å²) >= 11 is 0. The van der Waals surface area contributed by atoms with Gasteiger partial charge in [-0.25, -0.2) is 4.79 Å². The summed E-state index contributed by atoms with van der Waals surface area (Å²) < 4.78 is 10.3. The first-order chi connectivity index (χ1) is 11.1. The van der Waals surface area contributed by atoms with Crippen LogP contribution in [0.4, 0.5) is 0 Å². The van der Waals surface area contributed by atoms with Crippen LogP contribution in [-0.4, -0.2) is 24.6 Å². The van der Waals surface area contributed by atoms with E-state index in [-0.39, 0.29) is 6.61 Å². The van der Waals surface area contributed by atoms with Gasteiger partial charge in [0.05, 0.1) is 19.3 Å². The lowest BCUT2D eigenvalue weighted by Gasteiger charge is -2.14. The molecule has 1 atom stereocenters. The summed E-state index contributed by atoms with van der Waals surface area (Å²) in [5, 5.41) is 12.4. The highest BCUT2D eigenvalue weighted by Crippen LogP contribution is 2.01. The minimum absolute atomic E-state index is 0.209. The summed E-state index contributed by atoms with van der Waals surface area (Å²) in [6.45, 7) is 0.569. The van der Waals surface area contributed by atoms with E-state index in [4.69, 9.17) is 9.15 Å². The highest BCUT2D eigenvalue weighted by atomic mass is 16.5. The van der Waals surface area contributed by atoms with Crippen molar-refractivity contribution >= 4 is 11.9 Å². The van der Waals surface area contributed by atoms with E-state index in [0.717, 1.165) is 5.56 Å². The Labute approximate surface area is 134 Å². The standard InChI is InChI=1S/C17H19NO5/c19-16(20)11-15(18-12-14-7-4-9-22-14)17(21)23-10-8-13-5-2-1-3-6-13/h1-7,9,15,18H,8,10-12H2,(H,19,20)/t15-/m1/s1. The van der Waals surface area contributed by atoms with E-state index in [1.165, 1.54) is 6.26 Å². The van der Waals surface area contributed by atoms with Crippen LogP contribution in [0.2, 0.25) is 0 Å². The summed E-state index contributed by atoms with van der Waals surface area (Å²) in [6.07, 6.45) is 1.71. The number of hydrogen-bond acceptors (Lipinski definition) is 5. The zero-order valence-electron chi connectivity index (χ0n) is 12.6. The van der Waals surface area contributed by atoms with E-state index in [1.807, 2.05) is 30.3 Å². The van der Waals surface area contributed by atoms with E-state index < -0.39 is 24.4 Å². The van der Waals surface area contributed by atoms with Gasteiger partial charge in [-0.15, -0.1) is 0 Å². The molecule has 0 spiro atoms. The maximum atomic E-state index is 12.1. The molecule has 0 radical (unpaired) electrons. The molecule has 0 unspecified atom stereocenters. The molecule has 6 heteroatoms. The maximum absolute atomic E-state index is 12.1. The predicted octanol–water partition coefficient (Wildman–Crippen LogP) is -0.362. The van der Waals surface area contributed by atoms with Gasteiger partial charge in [0, 0.05) is 12.4 Å². The third-order valence-corrected chi connectivity index (χ3v) is 3.35. The first-order valence-corrected chi connectivity index (χ1v) is 7.41. The molecule has 0 aliphatic carbocycles. The van der Waals surface area contributed by atoms with Crippen LogP contribution in [0.15, 0.2) is 53.1 Å². The molecule has 2 rings (SSSR count). The number of benzene rings is 1. The monoisotopic (exact) mass is 317 g/mol. The summed E-state index contributed by atoms with van der Waals surface area (Å²) in [7, 11) is 0. The molecule has 2 N–H and O–H groups in total. The first kappa shape index (κ1) is 16.8. The van der Waals surface area contributed by atoms with Gasteiger partial charge in [0.15, 0.2) is 11.8 Å². The maximum Gasteiger partial charge on any atom is 0.365 e. The molecule has 0 bridgehead atoms. The molecule has 0 saturated heterocycles. The van der Waals surface area contributed by atoms with Crippen molar-refractivity contribution in [3.05, 3.63) is 60.1 Å². The number of carbonyl (C=O) groups is 2. The predicted molar refractivity (Wildman–Crippen MR) is 78.9 cm³/mol. The topological polar surface area (TPSA) is 96.2 Å². The van der Waals surface area contributed by atoms with Gasteiger partial charge in [-0.3, -0.25) is 0 Å². The first-order valence-electron chi connectivity index (χ1n) is 7.41. The number of ether oxygens (including phenoxy) is 1. The van der Waals surface area contributed by atoms with E-state index >= 15 is 0 Å². The Balaban J connectivity index is 1.81. The minimum atomic E-state index is -1.29. The van der Waals surface area contributed by atoms with E-state index in [2.05, 4.69) is 0 Å². The Bertz CT molecular complexity index is 609. The van der Waals surface area contributed by atoms with Crippen LogP contribution in [0, 0.1) is 0 Å². The molecular weight excluding hydrogens is 298 g/mol. The van der Waals surface area contributed by atoms with Gasteiger partial charge in [0.25, 0.3) is 0 Å². The zero-order chi connectivity index (χ0) is 16.5. The lowest BCUT2D eigenvalue weighted by molar-refractivity contribution is -0.694. The Kier molecular flexibility index (Phi) is 6.38. The average Bonchev–Trinajstić information content (AvgIpc) is 3.05. The van der Waals surface area contributed by atoms with Crippen molar-refractivity contribution < 1.29 is 29.2 Å². The molecule has 1 aromatic carbocycles. The summed E-state index contributed by atoms with van der Waals surface area (Å²) in [4.78, 5) is 22.9. The highest BCUT2D eigenvalue weighted by Gasteiger charge is 2.24. The summed E-state index contributed by atoms with van der Waals surface area (Å²) in [6, 6.07) is 12.3. The van der Waals surface area contributed by atoms with Crippen LogP contribution in [0.3, 0.4) is 0 Å². The molecule has 1 aromatic heterocycles. The highest BCUT2D eigenvalue weighted by molar-refractivity contribution is 5.79. The Morgan fingerprint density at radius 1 is 1.17 bits per heavy atom. The second-order valence-electron chi connectivity index (χ2n) is 5.10. The average molecular weight is 317 g/mol. The molecule has 0 aliphatic heterocycles. The van der Waals surface area contributed by atoms with E-state index in [0.29, 0.717) is 18.7 Å². The van der Waals surface area contributed by atoms with Gasteiger partial charge in [0.1, 0.15) is 6.54 Å². The Morgan fingerprint density at radius 2 is 1.96 bits per heavy atom. The van der Waals surface area contributed by atoms with Gasteiger partial charge < -0.3 is 24.4 Å². The molecule has 0 saturated carbocycles. The van der Waals surface area contributed by atoms with Crippen LogP contribution in [0.25, 0.3) is 0 Å². The quantitative estimate of drug-likeness (QED) is 0.637. The second kappa shape index (κ2) is 8.75. The molecule has 1 heterocycles. The number of carboxylic acids is 1. The summed E-state index contributed by atoms with van der Waals surface area (Å²) in [5.41, 5.74) is 1.05. The lowest BCUT2D eigenvalue weighted by Crippen LogP contribution is -2.91. The third kappa shape index (κ3) is 5.96. The van der Waals surface area contributed by atoms with Crippen molar-refractivity contribution in [2.45, 2.75) is 25.4 Å². The smallest absolute Gasteiger partial charge is 0.365 e. The number of furan rings is 1. The van der Waals surface area contributed by atoms with Gasteiger partial charge in [0.2, 0.25) is 0 Å². The van der Waals surface area contributed by atoms with E-state index in [1.54, 1.807) is 17.4 Å². The molecule has 2 aromatic rings. The van der Waals surface area contributed by atoms with Crippen molar-refractivity contribution in [2.75, 3.05) is 6.61 Å². The Hall–Kier alpha value is -2.60. The molecule has 0 amide bonds. The Morgan fingerprint density at radius 3 is 2.61 bits per heavy atom. The summed E-state index contributed by atoms with van der Waals surface area (Å²) in [5.74, 6) is -1.19. The molecular formula is C17H19NO5. The van der Waals surface area contributed by atoms with Crippen LogP contribution < -0.4 is 10.4 Å². The molecule has 0 aliphatic rings. The fourth-order valence-electron chi connectivity index (χ4n) is 2.15. The van der Waals surface area contributed by atoms with Crippen LogP contribution in [-0.2, 0) is 27.3 Å². The van der Waals surface area contributed by atoms with Crippen molar-refractivity contribution in [1.29, 1.82) is 0 Å². The van der Waals surface area contributed by atoms with Crippen LogP contribution >= 0.6 is 0 Å². The van der Waals surface area contributed by atoms with E-state index in [9.17, 15) is 14.7 Å². The number of quaternary nitrogens is 1. The number of carbonyl (C=O) groups excluding carboxylic acids is 2. The SMILES string of the molecule is O=C([O-])C[C@@H]([NH2+]Cc1ccco1)C(=O)OCCc1ccccc1. The minimum Gasteiger partial charge on any atom is -0.550 e. The molecule has 122 valence electrons. The fourth-order valence-corrected chi connectivity index (χ4v) is 2.15. The number of nitrogens with two attached hydrogens (primary N) is 1. The molecule has 0 fully saturated rings. The molecule has 23 heavy (non-hydrogen) atoms. The van der Waals surface area contributed by atoms with Crippen molar-refractivity contribution in [2.24, 2.45) is 0 Å². The van der Waals surface area contributed by atoms with Gasteiger partial charge >= 0.3 is 5.97 Å². The third-order valence-electron chi connectivity index (χ3n) is 3.35. The van der Waals surface area contributed by atoms with Crippen LogP contribution in [0.1, 0.15) is 17.7 Å². The largest absolute Gasteiger partial charge is 0.550 e. The zero-order valence-corrected chi connectivity index (χ0v) is 12.6. The fraction of sp³-hybridized carbons (Fsp3) is 0.294. The van der Waals surface area contributed by atoms with Gasteiger partial charge in [-0.2, -0.15) is 0 Å². The van der Waals surface area contributed by atoms with Crippen molar-refractivity contribution in [3.8, 4) is 0 Å². The molecule has 6 nitrogen and oxygen atoms in total. The van der Waals surface area contributed by atoms with Gasteiger partial charge in [-0.1, -0.05) is 30.3 Å². The number of esters is 1. The number of aliphatic carboxylic acids is 1.